The first-order valence-electron chi connectivity index (χ1n) is 7.29. The minimum Gasteiger partial charge on any atom is -0.311 e. The lowest BCUT2D eigenvalue weighted by Gasteiger charge is -2.11. The molecule has 2 aromatic rings. The minimum atomic E-state index is 0.470. The fraction of sp³-hybridized carbons (Fsp3) is 0.500. The molecule has 108 valence electrons. The van der Waals surface area contributed by atoms with Gasteiger partial charge in [0, 0.05) is 6.54 Å². The zero-order chi connectivity index (χ0) is 14.5. The SMILES string of the molecule is CC(C)CNCc1cn(-c2ccccc2C(C)C)nn1. The van der Waals surface area contributed by atoms with Crippen LogP contribution in [-0.2, 0) is 6.54 Å². The van der Waals surface area contributed by atoms with Crippen molar-refractivity contribution in [3.63, 3.8) is 0 Å². The Kier molecular flexibility index (Phi) is 4.90. The topological polar surface area (TPSA) is 42.7 Å². The van der Waals surface area contributed by atoms with Gasteiger partial charge in [0.15, 0.2) is 0 Å². The molecule has 0 saturated heterocycles. The number of rotatable bonds is 6. The lowest BCUT2D eigenvalue weighted by Crippen LogP contribution is -2.19. The van der Waals surface area contributed by atoms with Crippen LogP contribution in [0.15, 0.2) is 30.5 Å². The van der Waals surface area contributed by atoms with Crippen molar-refractivity contribution in [2.24, 2.45) is 5.92 Å². The van der Waals surface area contributed by atoms with Crippen LogP contribution < -0.4 is 5.32 Å². The van der Waals surface area contributed by atoms with E-state index in [0.717, 1.165) is 24.5 Å². The van der Waals surface area contributed by atoms with Gasteiger partial charge in [0.25, 0.3) is 0 Å². The first-order chi connectivity index (χ1) is 9.58. The normalized spacial score (nSPS) is 11.5. The molecule has 0 fully saturated rings. The van der Waals surface area contributed by atoms with E-state index in [2.05, 4.69) is 61.5 Å². The Morgan fingerprint density at radius 1 is 1.15 bits per heavy atom. The third-order valence-corrected chi connectivity index (χ3v) is 3.21. The monoisotopic (exact) mass is 272 g/mol. The molecule has 0 spiro atoms. The highest BCUT2D eigenvalue weighted by Gasteiger charge is 2.09. The summed E-state index contributed by atoms with van der Waals surface area (Å²) in [4.78, 5) is 0. The zero-order valence-electron chi connectivity index (χ0n) is 12.8. The van der Waals surface area contributed by atoms with Crippen molar-refractivity contribution in [1.82, 2.24) is 20.3 Å². The largest absolute Gasteiger partial charge is 0.311 e. The van der Waals surface area contributed by atoms with Gasteiger partial charge in [-0.3, -0.25) is 0 Å². The number of hydrogen-bond acceptors (Lipinski definition) is 3. The minimum absolute atomic E-state index is 0.470. The summed E-state index contributed by atoms with van der Waals surface area (Å²) in [6.45, 7) is 10.5. The molecule has 0 unspecified atom stereocenters. The van der Waals surface area contributed by atoms with Crippen LogP contribution in [-0.4, -0.2) is 21.5 Å². The van der Waals surface area contributed by atoms with Gasteiger partial charge in [0.1, 0.15) is 0 Å². The maximum atomic E-state index is 4.25. The standard InChI is InChI=1S/C16H24N4/c1-12(2)9-17-10-14-11-20(19-18-14)16-8-6-5-7-15(16)13(3)4/h5-8,11-13,17H,9-10H2,1-4H3. The Labute approximate surface area is 121 Å². The average Bonchev–Trinajstić information content (AvgIpc) is 2.87. The number of para-hydroxylation sites is 1. The summed E-state index contributed by atoms with van der Waals surface area (Å²) >= 11 is 0. The lowest BCUT2D eigenvalue weighted by atomic mass is 10.0. The Morgan fingerprint density at radius 3 is 2.60 bits per heavy atom. The van der Waals surface area contributed by atoms with Crippen LogP contribution in [0, 0.1) is 5.92 Å². The van der Waals surface area contributed by atoms with Crippen molar-refractivity contribution < 1.29 is 0 Å². The maximum Gasteiger partial charge on any atom is 0.0969 e. The summed E-state index contributed by atoms with van der Waals surface area (Å²) in [5, 5.41) is 11.9. The molecular weight excluding hydrogens is 248 g/mol. The summed E-state index contributed by atoms with van der Waals surface area (Å²) in [7, 11) is 0. The highest BCUT2D eigenvalue weighted by atomic mass is 15.4. The van der Waals surface area contributed by atoms with E-state index in [-0.39, 0.29) is 0 Å². The van der Waals surface area contributed by atoms with Crippen molar-refractivity contribution in [2.75, 3.05) is 6.54 Å². The van der Waals surface area contributed by atoms with E-state index in [1.807, 2.05) is 16.9 Å². The molecule has 0 aliphatic carbocycles. The molecule has 0 aliphatic rings. The number of benzene rings is 1. The van der Waals surface area contributed by atoms with E-state index in [9.17, 15) is 0 Å². The maximum absolute atomic E-state index is 4.25. The molecule has 1 aromatic heterocycles. The van der Waals surface area contributed by atoms with Crippen LogP contribution in [0.25, 0.3) is 5.69 Å². The van der Waals surface area contributed by atoms with E-state index >= 15 is 0 Å². The Bertz CT molecular complexity index is 543. The number of aromatic nitrogens is 3. The second-order valence-electron chi connectivity index (χ2n) is 5.89. The fourth-order valence-electron chi connectivity index (χ4n) is 2.17. The van der Waals surface area contributed by atoms with Crippen LogP contribution >= 0.6 is 0 Å². The average molecular weight is 272 g/mol. The zero-order valence-corrected chi connectivity index (χ0v) is 12.8. The number of nitrogens with one attached hydrogen (secondary N) is 1. The predicted octanol–water partition coefficient (Wildman–Crippen LogP) is 3.14. The van der Waals surface area contributed by atoms with Crippen LogP contribution in [0.5, 0.6) is 0 Å². The predicted molar refractivity (Wildman–Crippen MR) is 82.0 cm³/mol. The molecule has 0 radical (unpaired) electrons. The van der Waals surface area contributed by atoms with Gasteiger partial charge in [-0.1, -0.05) is 51.1 Å². The molecule has 4 nitrogen and oxygen atoms in total. The number of hydrogen-bond donors (Lipinski definition) is 1. The summed E-state index contributed by atoms with van der Waals surface area (Å²) < 4.78 is 1.88. The van der Waals surface area contributed by atoms with Gasteiger partial charge < -0.3 is 5.32 Å². The van der Waals surface area contributed by atoms with Gasteiger partial charge in [-0.2, -0.15) is 0 Å². The van der Waals surface area contributed by atoms with Crippen molar-refractivity contribution >= 4 is 0 Å². The van der Waals surface area contributed by atoms with Gasteiger partial charge in [0.05, 0.1) is 17.6 Å². The first kappa shape index (κ1) is 14.7. The third kappa shape index (κ3) is 3.67. The Balaban J connectivity index is 2.13. The lowest BCUT2D eigenvalue weighted by molar-refractivity contribution is 0.548. The van der Waals surface area contributed by atoms with E-state index in [0.29, 0.717) is 11.8 Å². The molecule has 2 rings (SSSR count). The number of nitrogens with zero attached hydrogens (tertiary/aromatic N) is 3. The summed E-state index contributed by atoms with van der Waals surface area (Å²) in [5.74, 6) is 1.12. The highest BCUT2D eigenvalue weighted by Crippen LogP contribution is 2.22. The molecule has 0 saturated carbocycles. The molecule has 1 aromatic carbocycles. The van der Waals surface area contributed by atoms with Crippen LogP contribution in [0.3, 0.4) is 0 Å². The van der Waals surface area contributed by atoms with Crippen LogP contribution in [0.4, 0.5) is 0 Å². The molecule has 0 bridgehead atoms. The van der Waals surface area contributed by atoms with Gasteiger partial charge >= 0.3 is 0 Å². The van der Waals surface area contributed by atoms with Gasteiger partial charge in [0.2, 0.25) is 0 Å². The van der Waals surface area contributed by atoms with Crippen molar-refractivity contribution in [1.29, 1.82) is 0 Å². The van der Waals surface area contributed by atoms with Gasteiger partial charge in [-0.05, 0) is 30.0 Å². The van der Waals surface area contributed by atoms with E-state index < -0.39 is 0 Å². The summed E-state index contributed by atoms with van der Waals surface area (Å²) in [5.41, 5.74) is 3.38. The smallest absolute Gasteiger partial charge is 0.0969 e. The highest BCUT2D eigenvalue weighted by molar-refractivity contribution is 5.42. The quantitative estimate of drug-likeness (QED) is 0.878. The molecule has 0 atom stereocenters. The van der Waals surface area contributed by atoms with Crippen LogP contribution in [0.2, 0.25) is 0 Å². The summed E-state index contributed by atoms with van der Waals surface area (Å²) in [6, 6.07) is 8.36. The van der Waals surface area contributed by atoms with Crippen molar-refractivity contribution in [2.45, 2.75) is 40.2 Å². The van der Waals surface area contributed by atoms with E-state index in [1.54, 1.807) is 0 Å². The molecule has 4 heteroatoms. The van der Waals surface area contributed by atoms with E-state index in [4.69, 9.17) is 0 Å². The summed E-state index contributed by atoms with van der Waals surface area (Å²) in [6.07, 6.45) is 2.01. The second kappa shape index (κ2) is 6.66. The van der Waals surface area contributed by atoms with Gasteiger partial charge in [-0.25, -0.2) is 4.68 Å². The molecule has 20 heavy (non-hydrogen) atoms. The Morgan fingerprint density at radius 2 is 1.90 bits per heavy atom. The molecule has 0 aliphatic heterocycles. The molecular formula is C16H24N4. The van der Waals surface area contributed by atoms with Crippen molar-refractivity contribution in [3.8, 4) is 5.69 Å². The fourth-order valence-corrected chi connectivity index (χ4v) is 2.17. The molecule has 1 N–H and O–H groups in total. The Hall–Kier alpha value is -1.68. The van der Waals surface area contributed by atoms with E-state index in [1.165, 1.54) is 5.56 Å². The second-order valence-corrected chi connectivity index (χ2v) is 5.89. The van der Waals surface area contributed by atoms with Gasteiger partial charge in [-0.15, -0.1) is 5.10 Å². The molecule has 0 amide bonds. The molecule has 1 heterocycles. The third-order valence-electron chi connectivity index (χ3n) is 3.21. The van der Waals surface area contributed by atoms with Crippen LogP contribution in [0.1, 0.15) is 44.9 Å². The first-order valence-corrected chi connectivity index (χ1v) is 7.29. The van der Waals surface area contributed by atoms with Crippen molar-refractivity contribution in [3.05, 3.63) is 41.7 Å².